The molecule has 0 amide bonds. The molecule has 1 aromatic carbocycles. The molecule has 0 aromatic heterocycles. The first-order chi connectivity index (χ1) is 8.09. The van der Waals surface area contributed by atoms with Crippen LogP contribution in [0.5, 0.6) is 0 Å². The van der Waals surface area contributed by atoms with Crippen molar-refractivity contribution in [3.63, 3.8) is 0 Å². The van der Waals surface area contributed by atoms with Crippen molar-refractivity contribution >= 4 is 15.9 Å². The summed E-state index contributed by atoms with van der Waals surface area (Å²) in [5.74, 6) is -0.209. The summed E-state index contributed by atoms with van der Waals surface area (Å²) in [6, 6.07) is 5.67. The molecular formula is C14H19BrFN. The van der Waals surface area contributed by atoms with Crippen LogP contribution in [-0.4, -0.2) is 12.6 Å². The third kappa shape index (κ3) is 5.99. The molecule has 0 aliphatic heterocycles. The Morgan fingerprint density at radius 1 is 1.35 bits per heavy atom. The maximum atomic E-state index is 13.0. The highest BCUT2D eigenvalue weighted by Crippen LogP contribution is 2.17. The number of hydrogen-bond donors (Lipinski definition) is 1. The highest BCUT2D eigenvalue weighted by atomic mass is 79.9. The van der Waals surface area contributed by atoms with Crippen LogP contribution in [0.1, 0.15) is 25.8 Å². The van der Waals surface area contributed by atoms with Gasteiger partial charge in [0.25, 0.3) is 0 Å². The van der Waals surface area contributed by atoms with Crippen LogP contribution in [0.2, 0.25) is 0 Å². The fourth-order valence-electron chi connectivity index (χ4n) is 1.46. The summed E-state index contributed by atoms with van der Waals surface area (Å²) >= 11 is 3.19. The van der Waals surface area contributed by atoms with Gasteiger partial charge in [-0.25, -0.2) is 4.39 Å². The Labute approximate surface area is 111 Å². The largest absolute Gasteiger partial charge is 0.314 e. The fourth-order valence-corrected chi connectivity index (χ4v) is 1.89. The lowest BCUT2D eigenvalue weighted by Crippen LogP contribution is -2.23. The summed E-state index contributed by atoms with van der Waals surface area (Å²) in [5.41, 5.74) is 1.12. The molecule has 0 spiro atoms. The second kappa shape index (κ2) is 7.62. The molecule has 0 atom stereocenters. The molecule has 0 saturated carbocycles. The monoisotopic (exact) mass is 299 g/mol. The minimum absolute atomic E-state index is 0.209. The maximum Gasteiger partial charge on any atom is 0.137 e. The molecule has 1 nitrogen and oxygen atoms in total. The number of benzene rings is 1. The van der Waals surface area contributed by atoms with Crippen molar-refractivity contribution in [2.75, 3.05) is 6.54 Å². The van der Waals surface area contributed by atoms with Crippen LogP contribution in [0.3, 0.4) is 0 Å². The molecule has 0 heterocycles. The van der Waals surface area contributed by atoms with Crippen LogP contribution in [0.25, 0.3) is 0 Å². The van der Waals surface area contributed by atoms with Gasteiger partial charge in [-0.1, -0.05) is 32.1 Å². The van der Waals surface area contributed by atoms with Crippen LogP contribution in [0.4, 0.5) is 4.39 Å². The predicted molar refractivity (Wildman–Crippen MR) is 74.7 cm³/mol. The zero-order valence-electron chi connectivity index (χ0n) is 10.3. The third-order valence-corrected chi connectivity index (χ3v) is 2.98. The van der Waals surface area contributed by atoms with Gasteiger partial charge in [0.2, 0.25) is 0 Å². The highest BCUT2D eigenvalue weighted by Gasteiger charge is 1.98. The van der Waals surface area contributed by atoms with E-state index in [0.717, 1.165) is 24.9 Å². The summed E-state index contributed by atoms with van der Waals surface area (Å²) < 4.78 is 13.5. The van der Waals surface area contributed by atoms with Crippen molar-refractivity contribution < 1.29 is 4.39 Å². The van der Waals surface area contributed by atoms with Gasteiger partial charge >= 0.3 is 0 Å². The van der Waals surface area contributed by atoms with Crippen LogP contribution in [-0.2, 0) is 6.42 Å². The van der Waals surface area contributed by atoms with E-state index in [1.807, 2.05) is 12.1 Å². The van der Waals surface area contributed by atoms with Gasteiger partial charge in [0.05, 0.1) is 4.47 Å². The Morgan fingerprint density at radius 3 is 2.76 bits per heavy atom. The van der Waals surface area contributed by atoms with Gasteiger partial charge in [-0.05, 0) is 53.0 Å². The Bertz CT molecular complexity index is 374. The fraction of sp³-hybridized carbons (Fsp3) is 0.429. The lowest BCUT2D eigenvalue weighted by Gasteiger charge is -2.04. The molecule has 17 heavy (non-hydrogen) atoms. The number of halogens is 2. The predicted octanol–water partition coefficient (Wildman–Crippen LogP) is 4.08. The van der Waals surface area contributed by atoms with Crippen LogP contribution in [0.15, 0.2) is 34.8 Å². The second-order valence-corrected chi connectivity index (χ2v) is 5.18. The van der Waals surface area contributed by atoms with E-state index in [1.165, 1.54) is 6.07 Å². The zero-order valence-corrected chi connectivity index (χ0v) is 11.9. The van der Waals surface area contributed by atoms with E-state index in [-0.39, 0.29) is 5.82 Å². The Balaban J connectivity index is 2.30. The molecule has 0 radical (unpaired) electrons. The van der Waals surface area contributed by atoms with Crippen molar-refractivity contribution in [2.24, 2.45) is 0 Å². The van der Waals surface area contributed by atoms with E-state index in [2.05, 4.69) is 47.2 Å². The standard InChI is InChI=1S/C14H19BrFN/c1-11(2)17-9-5-3-4-6-12-7-8-14(16)13(15)10-12/h3-4,7-8,10-11,17H,5-6,9H2,1-2H3. The first-order valence-corrected chi connectivity index (χ1v) is 6.71. The van der Waals surface area contributed by atoms with Crippen LogP contribution < -0.4 is 5.32 Å². The number of rotatable bonds is 6. The lowest BCUT2D eigenvalue weighted by atomic mass is 10.1. The van der Waals surface area contributed by atoms with Gasteiger partial charge in [0.15, 0.2) is 0 Å². The average Bonchev–Trinajstić information content (AvgIpc) is 2.27. The first kappa shape index (κ1) is 14.4. The van der Waals surface area contributed by atoms with E-state index in [1.54, 1.807) is 0 Å². The number of hydrogen-bond acceptors (Lipinski definition) is 1. The van der Waals surface area contributed by atoms with Crippen molar-refractivity contribution in [2.45, 2.75) is 32.7 Å². The van der Waals surface area contributed by atoms with Gasteiger partial charge in [-0.15, -0.1) is 0 Å². The average molecular weight is 300 g/mol. The molecular weight excluding hydrogens is 281 g/mol. The molecule has 1 N–H and O–H groups in total. The summed E-state index contributed by atoms with van der Waals surface area (Å²) in [4.78, 5) is 0. The van der Waals surface area contributed by atoms with Crippen molar-refractivity contribution in [1.29, 1.82) is 0 Å². The van der Waals surface area contributed by atoms with Gasteiger partial charge in [0.1, 0.15) is 5.82 Å². The zero-order chi connectivity index (χ0) is 12.7. The van der Waals surface area contributed by atoms with Gasteiger partial charge < -0.3 is 5.32 Å². The van der Waals surface area contributed by atoms with Crippen LogP contribution >= 0.6 is 15.9 Å². The number of allylic oxidation sites excluding steroid dienone is 1. The van der Waals surface area contributed by atoms with Crippen molar-refractivity contribution in [3.05, 3.63) is 46.2 Å². The van der Waals surface area contributed by atoms with E-state index >= 15 is 0 Å². The molecule has 0 aliphatic rings. The number of nitrogens with one attached hydrogen (secondary N) is 1. The second-order valence-electron chi connectivity index (χ2n) is 4.32. The summed E-state index contributed by atoms with van der Waals surface area (Å²) in [6.45, 7) is 5.28. The summed E-state index contributed by atoms with van der Waals surface area (Å²) in [5, 5.41) is 3.35. The Hall–Kier alpha value is -0.670. The van der Waals surface area contributed by atoms with Gasteiger partial charge in [0, 0.05) is 6.04 Å². The smallest absolute Gasteiger partial charge is 0.137 e. The third-order valence-electron chi connectivity index (χ3n) is 2.37. The Kier molecular flexibility index (Phi) is 6.45. The van der Waals surface area contributed by atoms with Gasteiger partial charge in [-0.3, -0.25) is 0 Å². The first-order valence-electron chi connectivity index (χ1n) is 5.92. The van der Waals surface area contributed by atoms with Crippen LogP contribution in [0, 0.1) is 5.82 Å². The minimum Gasteiger partial charge on any atom is -0.314 e. The van der Waals surface area contributed by atoms with Crippen molar-refractivity contribution in [3.8, 4) is 0 Å². The minimum atomic E-state index is -0.209. The molecule has 1 rings (SSSR count). The summed E-state index contributed by atoms with van der Waals surface area (Å²) in [7, 11) is 0. The van der Waals surface area contributed by atoms with E-state index < -0.39 is 0 Å². The molecule has 1 aromatic rings. The summed E-state index contributed by atoms with van der Waals surface area (Å²) in [6.07, 6.45) is 6.16. The van der Waals surface area contributed by atoms with Gasteiger partial charge in [-0.2, -0.15) is 0 Å². The molecule has 0 saturated heterocycles. The molecule has 94 valence electrons. The molecule has 0 fully saturated rings. The van der Waals surface area contributed by atoms with E-state index in [4.69, 9.17) is 0 Å². The maximum absolute atomic E-state index is 13.0. The molecule has 0 aliphatic carbocycles. The normalized spacial score (nSPS) is 11.6. The van der Waals surface area contributed by atoms with E-state index in [9.17, 15) is 4.39 Å². The quantitative estimate of drug-likeness (QED) is 0.617. The molecule has 0 unspecified atom stereocenters. The Morgan fingerprint density at radius 2 is 2.12 bits per heavy atom. The van der Waals surface area contributed by atoms with Crippen molar-refractivity contribution in [1.82, 2.24) is 5.32 Å². The molecule has 0 bridgehead atoms. The lowest BCUT2D eigenvalue weighted by molar-refractivity contribution is 0.594. The topological polar surface area (TPSA) is 12.0 Å². The highest BCUT2D eigenvalue weighted by molar-refractivity contribution is 9.10. The SMILES string of the molecule is CC(C)NCCC=CCc1ccc(F)c(Br)c1. The van der Waals surface area contributed by atoms with E-state index in [0.29, 0.717) is 10.5 Å². The molecule has 3 heteroatoms.